The molecule has 0 N–H and O–H groups in total. The number of methoxy groups -OCH3 is 2. The van der Waals surface area contributed by atoms with Gasteiger partial charge >= 0.3 is 122 Å². The van der Waals surface area contributed by atoms with E-state index in [0.717, 1.165) is 22.8 Å². The second-order valence-electron chi connectivity index (χ2n) is 4.77. The number of hydrogen-bond acceptors (Lipinski definition) is 5. The monoisotopic (exact) mass is 342 g/mol. The molecule has 2 aromatic rings. The van der Waals surface area contributed by atoms with Crippen LogP contribution in [-0.4, -0.2) is 38.1 Å². The van der Waals surface area contributed by atoms with Gasteiger partial charge in [-0.05, 0) is 0 Å². The summed E-state index contributed by atoms with van der Waals surface area (Å²) in [7, 11) is 3.31. The van der Waals surface area contributed by atoms with Crippen LogP contribution in [0.3, 0.4) is 0 Å². The molecule has 2 heterocycles. The van der Waals surface area contributed by atoms with Crippen molar-refractivity contribution in [1.82, 2.24) is 9.19 Å². The van der Waals surface area contributed by atoms with Gasteiger partial charge in [0.15, 0.2) is 0 Å². The first-order valence-corrected chi connectivity index (χ1v) is 8.29. The molecule has 0 saturated heterocycles. The third kappa shape index (κ3) is 1.98. The molecule has 3 rings (SSSR count). The fraction of sp³-hybridized carbons (Fsp3) is 0.385. The van der Waals surface area contributed by atoms with Crippen LogP contribution in [0.15, 0.2) is 17.0 Å². The van der Waals surface area contributed by atoms with Crippen LogP contribution in [-0.2, 0) is 4.75 Å². The van der Waals surface area contributed by atoms with Crippen molar-refractivity contribution in [3.63, 3.8) is 0 Å². The first-order chi connectivity index (χ1) is 9.06. The molecule has 6 heteroatoms. The van der Waals surface area contributed by atoms with Crippen molar-refractivity contribution in [3.05, 3.63) is 16.6 Å². The van der Waals surface area contributed by atoms with Gasteiger partial charge < -0.3 is 0 Å². The standard InChI is InChI=1S/C13H14N2O2SSe/c1-13(2)12-11(14-15-19-12)7-5-8(16-3)9(17-4)6-10(7)18-13/h5-6H,1-4H3. The summed E-state index contributed by atoms with van der Waals surface area (Å²) in [6.45, 7) is 4.45. The van der Waals surface area contributed by atoms with Gasteiger partial charge in [-0.3, -0.25) is 0 Å². The number of aromatic nitrogens is 2. The molecule has 0 fully saturated rings. The van der Waals surface area contributed by atoms with Crippen LogP contribution in [0, 0.1) is 0 Å². The molecule has 0 aliphatic carbocycles. The van der Waals surface area contributed by atoms with E-state index in [4.69, 9.17) is 9.47 Å². The molecule has 100 valence electrons. The van der Waals surface area contributed by atoms with E-state index in [-0.39, 0.29) is 19.5 Å². The van der Waals surface area contributed by atoms with Gasteiger partial charge in [0.25, 0.3) is 0 Å². The van der Waals surface area contributed by atoms with Crippen LogP contribution in [0.25, 0.3) is 11.3 Å². The van der Waals surface area contributed by atoms with Gasteiger partial charge in [0, 0.05) is 0 Å². The summed E-state index contributed by atoms with van der Waals surface area (Å²) in [4.78, 5) is 1.18. The van der Waals surface area contributed by atoms with E-state index < -0.39 is 0 Å². The molecule has 1 aliphatic heterocycles. The third-order valence-electron chi connectivity index (χ3n) is 3.14. The Balaban J connectivity index is 2.25. The van der Waals surface area contributed by atoms with Crippen LogP contribution in [0.1, 0.15) is 18.3 Å². The van der Waals surface area contributed by atoms with Crippen molar-refractivity contribution in [2.75, 3.05) is 14.2 Å². The second-order valence-corrected chi connectivity index (χ2v) is 8.01. The van der Waals surface area contributed by atoms with E-state index in [2.05, 4.69) is 23.0 Å². The average Bonchev–Trinajstić information content (AvgIpc) is 2.87. The zero-order valence-corrected chi connectivity index (χ0v) is 13.7. The molecular weight excluding hydrogens is 327 g/mol. The Bertz CT molecular complexity index is 640. The van der Waals surface area contributed by atoms with Gasteiger partial charge in [0.2, 0.25) is 0 Å². The fourth-order valence-corrected chi connectivity index (χ4v) is 5.23. The summed E-state index contributed by atoms with van der Waals surface area (Å²) in [5.41, 5.74) is 2.14. The summed E-state index contributed by atoms with van der Waals surface area (Å²) in [5.74, 6) is 1.50. The van der Waals surface area contributed by atoms with Crippen LogP contribution < -0.4 is 9.47 Å². The normalized spacial score (nSPS) is 15.6. The summed E-state index contributed by atoms with van der Waals surface area (Å²) in [6.07, 6.45) is 0. The van der Waals surface area contributed by atoms with Crippen LogP contribution in [0.2, 0.25) is 0 Å². The van der Waals surface area contributed by atoms with Crippen LogP contribution >= 0.6 is 11.8 Å². The Hall–Kier alpha value is -0.971. The Morgan fingerprint density at radius 2 is 1.84 bits per heavy atom. The first-order valence-electron chi connectivity index (χ1n) is 5.85. The van der Waals surface area contributed by atoms with E-state index in [9.17, 15) is 0 Å². The fourth-order valence-electron chi connectivity index (χ4n) is 2.21. The van der Waals surface area contributed by atoms with Crippen molar-refractivity contribution in [3.8, 4) is 22.8 Å². The molecule has 0 radical (unpaired) electrons. The van der Waals surface area contributed by atoms with Gasteiger partial charge in [0.1, 0.15) is 0 Å². The summed E-state index contributed by atoms with van der Waals surface area (Å²) < 4.78 is 16.4. The molecule has 0 saturated carbocycles. The third-order valence-corrected chi connectivity index (χ3v) is 6.91. The molecule has 4 nitrogen and oxygen atoms in total. The molecule has 0 spiro atoms. The topological polar surface area (TPSA) is 44.2 Å². The predicted octanol–water partition coefficient (Wildman–Crippen LogP) is 2.56. The van der Waals surface area contributed by atoms with Gasteiger partial charge in [-0.1, -0.05) is 0 Å². The maximum absolute atomic E-state index is 5.38. The van der Waals surface area contributed by atoms with Crippen LogP contribution in [0.4, 0.5) is 0 Å². The average molecular weight is 341 g/mol. The van der Waals surface area contributed by atoms with E-state index in [0.29, 0.717) is 0 Å². The minimum absolute atomic E-state index is 0.0471. The zero-order valence-electron chi connectivity index (χ0n) is 11.2. The molecule has 0 unspecified atom stereocenters. The van der Waals surface area contributed by atoms with E-state index in [1.165, 1.54) is 9.33 Å². The Morgan fingerprint density at radius 3 is 2.53 bits per heavy atom. The van der Waals surface area contributed by atoms with Crippen LogP contribution in [0.5, 0.6) is 11.5 Å². The quantitative estimate of drug-likeness (QED) is 0.786. The molecule has 0 amide bonds. The van der Waals surface area contributed by atoms with Gasteiger partial charge in [-0.25, -0.2) is 0 Å². The van der Waals surface area contributed by atoms with Gasteiger partial charge in [-0.15, -0.1) is 0 Å². The molecule has 0 bridgehead atoms. The molecule has 1 aliphatic rings. The Labute approximate surface area is 122 Å². The molecule has 1 aromatic heterocycles. The van der Waals surface area contributed by atoms with Crippen molar-refractivity contribution in [2.45, 2.75) is 23.5 Å². The van der Waals surface area contributed by atoms with E-state index >= 15 is 0 Å². The second kappa shape index (κ2) is 4.54. The predicted molar refractivity (Wildman–Crippen MR) is 76.4 cm³/mol. The van der Waals surface area contributed by atoms with Crippen molar-refractivity contribution >= 4 is 26.5 Å². The maximum atomic E-state index is 5.38. The number of fused-ring (bicyclic) bond motifs is 3. The summed E-state index contributed by atoms with van der Waals surface area (Å²) >= 11 is 1.96. The molecule has 1 aromatic carbocycles. The van der Waals surface area contributed by atoms with Crippen molar-refractivity contribution in [2.24, 2.45) is 0 Å². The number of benzene rings is 1. The van der Waals surface area contributed by atoms with E-state index in [1.54, 1.807) is 14.2 Å². The minimum atomic E-state index is 0.0471. The number of nitrogens with zero attached hydrogens (tertiary/aromatic N) is 2. The number of thioether (sulfide) groups is 1. The van der Waals surface area contributed by atoms with Gasteiger partial charge in [0.05, 0.1) is 0 Å². The molecular formula is C13H14N2O2SSe. The van der Waals surface area contributed by atoms with Crippen molar-refractivity contribution < 1.29 is 9.47 Å². The summed E-state index contributed by atoms with van der Waals surface area (Å²) in [6, 6.07) is 4.04. The van der Waals surface area contributed by atoms with E-state index in [1.807, 2.05) is 23.9 Å². The summed E-state index contributed by atoms with van der Waals surface area (Å²) in [5, 5.41) is 4.35. The Kier molecular flexibility index (Phi) is 3.12. The zero-order chi connectivity index (χ0) is 13.6. The number of rotatable bonds is 2. The molecule has 0 atom stereocenters. The SMILES string of the molecule is COc1cc2c(cc1OC)-c1nn[se]c1C(C)(C)S2. The first kappa shape index (κ1) is 13.0. The number of hydrogen-bond donors (Lipinski definition) is 0. The van der Waals surface area contributed by atoms with Gasteiger partial charge in [-0.2, -0.15) is 0 Å². The molecule has 19 heavy (non-hydrogen) atoms. The number of ether oxygens (including phenoxy) is 2. The Morgan fingerprint density at radius 1 is 1.16 bits per heavy atom. The van der Waals surface area contributed by atoms with Crippen molar-refractivity contribution in [1.29, 1.82) is 0 Å².